The summed E-state index contributed by atoms with van der Waals surface area (Å²) in [6, 6.07) is 0. The molecule has 5 nitrogen and oxygen atoms in total. The molecular formula is C10H20N2O3. The number of nitrogens with zero attached hydrogens (tertiary/aromatic N) is 1. The summed E-state index contributed by atoms with van der Waals surface area (Å²) in [4.78, 5) is 15.3. The number of nitrogens with one attached hydrogen (secondary N) is 1. The SMILES string of the molecule is CCC(C)COCO/N=C\CNC(C)=O. The minimum absolute atomic E-state index is 0.0885. The van der Waals surface area contributed by atoms with E-state index in [1.165, 1.54) is 13.1 Å². The molecule has 0 aliphatic rings. The van der Waals surface area contributed by atoms with Crippen molar-refractivity contribution < 1.29 is 14.4 Å². The van der Waals surface area contributed by atoms with Crippen LogP contribution >= 0.6 is 0 Å². The molecule has 0 saturated carbocycles. The van der Waals surface area contributed by atoms with Crippen LogP contribution in [0.2, 0.25) is 0 Å². The van der Waals surface area contributed by atoms with E-state index in [0.29, 0.717) is 19.1 Å². The first-order valence-electron chi connectivity index (χ1n) is 5.12. The zero-order valence-corrected chi connectivity index (χ0v) is 9.66. The standard InChI is InChI=1S/C10H20N2O3/c1-4-9(2)7-14-8-15-12-6-5-11-10(3)13/h6,9H,4-5,7-8H2,1-3H3,(H,11,13)/b12-6-. The average molecular weight is 216 g/mol. The van der Waals surface area contributed by atoms with Gasteiger partial charge in [-0.25, -0.2) is 0 Å². The van der Waals surface area contributed by atoms with Crippen LogP contribution in [0.3, 0.4) is 0 Å². The first kappa shape index (κ1) is 13.9. The average Bonchev–Trinajstić information content (AvgIpc) is 2.21. The lowest BCUT2D eigenvalue weighted by molar-refractivity contribution is -0.118. The second-order valence-corrected chi connectivity index (χ2v) is 3.36. The zero-order valence-electron chi connectivity index (χ0n) is 9.66. The molecule has 1 N–H and O–H groups in total. The molecule has 0 rings (SSSR count). The van der Waals surface area contributed by atoms with Crippen molar-refractivity contribution >= 4 is 12.1 Å². The van der Waals surface area contributed by atoms with Crippen LogP contribution in [0.4, 0.5) is 0 Å². The van der Waals surface area contributed by atoms with Crippen LogP contribution in [0.5, 0.6) is 0 Å². The number of rotatable bonds is 8. The van der Waals surface area contributed by atoms with Gasteiger partial charge in [-0.15, -0.1) is 0 Å². The van der Waals surface area contributed by atoms with Crippen molar-refractivity contribution in [2.75, 3.05) is 19.9 Å². The molecule has 1 amide bonds. The van der Waals surface area contributed by atoms with Gasteiger partial charge in [0, 0.05) is 6.92 Å². The molecule has 1 unspecified atom stereocenters. The van der Waals surface area contributed by atoms with Gasteiger partial charge >= 0.3 is 0 Å². The third-order valence-electron chi connectivity index (χ3n) is 1.83. The van der Waals surface area contributed by atoms with Crippen molar-refractivity contribution in [2.24, 2.45) is 11.1 Å². The topological polar surface area (TPSA) is 59.9 Å². The van der Waals surface area contributed by atoms with Gasteiger partial charge in [-0.3, -0.25) is 4.79 Å². The summed E-state index contributed by atoms with van der Waals surface area (Å²) in [7, 11) is 0. The van der Waals surface area contributed by atoms with Crippen LogP contribution in [-0.2, 0) is 14.4 Å². The second kappa shape index (κ2) is 9.45. The fraction of sp³-hybridized carbons (Fsp3) is 0.800. The van der Waals surface area contributed by atoms with E-state index in [2.05, 4.69) is 24.3 Å². The van der Waals surface area contributed by atoms with Crippen molar-refractivity contribution in [3.8, 4) is 0 Å². The highest BCUT2D eigenvalue weighted by Crippen LogP contribution is 1.99. The summed E-state index contributed by atoms with van der Waals surface area (Å²) in [5.41, 5.74) is 0. The number of hydrogen-bond acceptors (Lipinski definition) is 4. The van der Waals surface area contributed by atoms with Gasteiger partial charge in [0.1, 0.15) is 0 Å². The Morgan fingerprint density at radius 3 is 2.93 bits per heavy atom. The largest absolute Gasteiger partial charge is 0.367 e. The smallest absolute Gasteiger partial charge is 0.217 e. The van der Waals surface area contributed by atoms with Gasteiger partial charge < -0.3 is 14.9 Å². The van der Waals surface area contributed by atoms with E-state index in [1.807, 2.05) is 0 Å². The highest BCUT2D eigenvalue weighted by atomic mass is 16.7. The maximum atomic E-state index is 10.4. The Labute approximate surface area is 90.8 Å². The Kier molecular flexibility index (Phi) is 8.76. The van der Waals surface area contributed by atoms with Crippen LogP contribution in [0.15, 0.2) is 5.16 Å². The normalized spacial score (nSPS) is 12.7. The summed E-state index contributed by atoms with van der Waals surface area (Å²) < 4.78 is 5.19. The fourth-order valence-electron chi connectivity index (χ4n) is 0.714. The molecule has 0 spiro atoms. The fourth-order valence-corrected chi connectivity index (χ4v) is 0.714. The van der Waals surface area contributed by atoms with E-state index in [0.717, 1.165) is 6.42 Å². The van der Waals surface area contributed by atoms with Gasteiger partial charge in [0.25, 0.3) is 0 Å². The number of oxime groups is 1. The Morgan fingerprint density at radius 1 is 1.60 bits per heavy atom. The molecule has 0 fully saturated rings. The Bertz CT molecular complexity index is 195. The van der Waals surface area contributed by atoms with E-state index in [9.17, 15) is 4.79 Å². The molecule has 0 aliphatic carbocycles. The number of carbonyl (C=O) groups is 1. The summed E-state index contributed by atoms with van der Waals surface area (Å²) in [6.07, 6.45) is 2.57. The minimum atomic E-state index is -0.0885. The molecule has 0 bridgehead atoms. The summed E-state index contributed by atoms with van der Waals surface area (Å²) in [5.74, 6) is 0.450. The maximum Gasteiger partial charge on any atom is 0.217 e. The third kappa shape index (κ3) is 10.8. The molecular weight excluding hydrogens is 196 g/mol. The van der Waals surface area contributed by atoms with Crippen LogP contribution in [0.1, 0.15) is 27.2 Å². The van der Waals surface area contributed by atoms with E-state index in [-0.39, 0.29) is 12.7 Å². The van der Waals surface area contributed by atoms with Crippen LogP contribution in [0, 0.1) is 5.92 Å². The molecule has 0 aliphatic heterocycles. The van der Waals surface area contributed by atoms with Gasteiger partial charge in [0.05, 0.1) is 19.4 Å². The number of carbonyl (C=O) groups excluding carboxylic acids is 1. The lowest BCUT2D eigenvalue weighted by atomic mass is 10.1. The molecule has 15 heavy (non-hydrogen) atoms. The Morgan fingerprint density at radius 2 is 2.33 bits per heavy atom. The monoisotopic (exact) mass is 216 g/mol. The molecule has 0 aromatic carbocycles. The number of ether oxygens (including phenoxy) is 1. The molecule has 0 heterocycles. The molecule has 1 atom stereocenters. The lowest BCUT2D eigenvalue weighted by Gasteiger charge is -2.07. The Hall–Kier alpha value is -1.10. The molecule has 5 heteroatoms. The summed E-state index contributed by atoms with van der Waals surface area (Å²) in [5, 5.41) is 6.16. The van der Waals surface area contributed by atoms with E-state index < -0.39 is 0 Å². The van der Waals surface area contributed by atoms with Crippen molar-refractivity contribution in [3.63, 3.8) is 0 Å². The molecule has 0 radical (unpaired) electrons. The quantitative estimate of drug-likeness (QED) is 0.286. The van der Waals surface area contributed by atoms with Gasteiger partial charge in [-0.05, 0) is 5.92 Å². The first-order valence-corrected chi connectivity index (χ1v) is 5.12. The van der Waals surface area contributed by atoms with E-state index >= 15 is 0 Å². The summed E-state index contributed by atoms with van der Waals surface area (Å²) in [6.45, 7) is 6.88. The molecule has 88 valence electrons. The Balaban J connectivity index is 3.20. The third-order valence-corrected chi connectivity index (χ3v) is 1.83. The predicted octanol–water partition coefficient (Wildman–Crippen LogP) is 1.15. The van der Waals surface area contributed by atoms with Gasteiger partial charge in [0.2, 0.25) is 12.7 Å². The first-order chi connectivity index (χ1) is 7.16. The number of amides is 1. The van der Waals surface area contributed by atoms with Crippen LogP contribution in [-0.4, -0.2) is 32.1 Å². The van der Waals surface area contributed by atoms with Crippen molar-refractivity contribution in [1.29, 1.82) is 0 Å². The molecule has 0 saturated heterocycles. The van der Waals surface area contributed by atoms with Crippen molar-refractivity contribution in [3.05, 3.63) is 0 Å². The second-order valence-electron chi connectivity index (χ2n) is 3.36. The van der Waals surface area contributed by atoms with Crippen LogP contribution in [0.25, 0.3) is 0 Å². The highest BCUT2D eigenvalue weighted by molar-refractivity contribution is 5.76. The van der Waals surface area contributed by atoms with Crippen LogP contribution < -0.4 is 5.32 Å². The number of hydrogen-bond donors (Lipinski definition) is 1. The zero-order chi connectivity index (χ0) is 11.5. The van der Waals surface area contributed by atoms with Gasteiger partial charge in [-0.2, -0.15) is 0 Å². The minimum Gasteiger partial charge on any atom is -0.367 e. The highest BCUT2D eigenvalue weighted by Gasteiger charge is 1.97. The van der Waals surface area contributed by atoms with Gasteiger partial charge in [0.15, 0.2) is 0 Å². The van der Waals surface area contributed by atoms with E-state index in [4.69, 9.17) is 9.57 Å². The van der Waals surface area contributed by atoms with Crippen molar-refractivity contribution in [1.82, 2.24) is 5.32 Å². The van der Waals surface area contributed by atoms with E-state index in [1.54, 1.807) is 0 Å². The molecule has 0 aromatic heterocycles. The predicted molar refractivity (Wildman–Crippen MR) is 58.5 cm³/mol. The van der Waals surface area contributed by atoms with Gasteiger partial charge in [-0.1, -0.05) is 25.4 Å². The molecule has 0 aromatic rings. The summed E-state index contributed by atoms with van der Waals surface area (Å²) >= 11 is 0. The maximum absolute atomic E-state index is 10.4. The lowest BCUT2D eigenvalue weighted by Crippen LogP contribution is -2.21. The van der Waals surface area contributed by atoms with Crippen molar-refractivity contribution in [2.45, 2.75) is 27.2 Å².